The zero-order valence-electron chi connectivity index (χ0n) is 38.4. The van der Waals surface area contributed by atoms with E-state index in [9.17, 15) is 33.6 Å². The SMILES string of the molecule is Cn1c(=O)n(C2CCC(=O)NC2=O)c2ccc(C(=O)OCCC3CCN(C(=O)C4CCC(NC(=O)[C@@H]5NC6(CCCCC6)[C@@]6(C(=O)Nc7cc(Cl)ccc76)[C@H]5c5cccc(Cl)c5F)CC4)CC3)cc21. The Kier molecular flexibility index (Phi) is 12.7. The molecule has 1 unspecified atom stereocenters. The van der Waals surface area contributed by atoms with Crippen LogP contribution in [-0.4, -0.2) is 86.9 Å². The Morgan fingerprint density at radius 2 is 1.62 bits per heavy atom. The molecule has 69 heavy (non-hydrogen) atoms. The van der Waals surface area contributed by atoms with Gasteiger partial charge in [-0.1, -0.05) is 60.7 Å². The Morgan fingerprint density at radius 3 is 2.36 bits per heavy atom. The number of carbonyl (C=O) groups is 6. The maximum atomic E-state index is 16.3. The van der Waals surface area contributed by atoms with Crippen LogP contribution < -0.4 is 27.0 Å². The van der Waals surface area contributed by atoms with E-state index in [0.29, 0.717) is 85.3 Å². The van der Waals surface area contributed by atoms with Gasteiger partial charge in [0.15, 0.2) is 0 Å². The predicted molar refractivity (Wildman–Crippen MR) is 255 cm³/mol. The number of carbonyl (C=O) groups excluding carboxylic acids is 6. The number of imidazole rings is 1. The number of likely N-dealkylation sites (tertiary alicyclic amines) is 1. The molecule has 4 N–H and O–H groups in total. The fourth-order valence-electron chi connectivity index (χ4n) is 12.8. The molecule has 364 valence electrons. The van der Waals surface area contributed by atoms with Crippen molar-refractivity contribution in [2.24, 2.45) is 18.9 Å². The van der Waals surface area contributed by atoms with Gasteiger partial charge >= 0.3 is 11.7 Å². The molecule has 10 rings (SSSR count). The number of aromatic nitrogens is 2. The van der Waals surface area contributed by atoms with E-state index in [1.54, 1.807) is 49.5 Å². The smallest absolute Gasteiger partial charge is 0.338 e. The number of hydrogen-bond acceptors (Lipinski definition) is 9. The summed E-state index contributed by atoms with van der Waals surface area (Å²) in [6, 6.07) is 12.8. The Bertz CT molecular complexity index is 2830. The summed E-state index contributed by atoms with van der Waals surface area (Å²) >= 11 is 12.8. The quantitative estimate of drug-likeness (QED) is 0.106. The van der Waals surface area contributed by atoms with E-state index < -0.39 is 52.3 Å². The van der Waals surface area contributed by atoms with Crippen LogP contribution in [0, 0.1) is 17.7 Å². The molecular formula is C51H56Cl2FN7O8. The Morgan fingerprint density at radius 1 is 0.870 bits per heavy atom. The first-order valence-corrected chi connectivity index (χ1v) is 25.1. The minimum atomic E-state index is -1.32. The van der Waals surface area contributed by atoms with Crippen molar-refractivity contribution in [3.05, 3.63) is 97.6 Å². The number of fused-ring (bicyclic) bond motifs is 4. The number of nitrogens with zero attached hydrogens (tertiary/aromatic N) is 3. The first-order chi connectivity index (χ1) is 33.2. The predicted octanol–water partition coefficient (Wildman–Crippen LogP) is 6.57. The first kappa shape index (κ1) is 47.1. The summed E-state index contributed by atoms with van der Waals surface area (Å²) in [6.45, 7) is 1.40. The van der Waals surface area contributed by atoms with Gasteiger partial charge in [-0.25, -0.2) is 14.0 Å². The number of anilines is 1. The van der Waals surface area contributed by atoms with Crippen molar-refractivity contribution in [2.75, 3.05) is 25.0 Å². The normalized spacial score (nSPS) is 26.8. The zero-order chi connectivity index (χ0) is 48.4. The lowest BCUT2D eigenvalue weighted by Gasteiger charge is -2.47. The van der Waals surface area contributed by atoms with Gasteiger partial charge in [0.2, 0.25) is 29.5 Å². The van der Waals surface area contributed by atoms with Crippen molar-refractivity contribution < 1.29 is 37.9 Å². The van der Waals surface area contributed by atoms with E-state index >= 15 is 4.39 Å². The molecule has 6 aliphatic rings. The molecule has 0 bridgehead atoms. The topological polar surface area (TPSA) is 190 Å². The molecule has 5 fully saturated rings. The fourth-order valence-corrected chi connectivity index (χ4v) is 13.2. The van der Waals surface area contributed by atoms with Crippen molar-refractivity contribution >= 4 is 75.4 Å². The van der Waals surface area contributed by atoms with Crippen molar-refractivity contribution in [1.82, 2.24) is 30.0 Å². The molecule has 3 saturated heterocycles. The lowest BCUT2D eigenvalue weighted by atomic mass is 9.55. The Balaban J connectivity index is 0.738. The van der Waals surface area contributed by atoms with Crippen LogP contribution in [0.2, 0.25) is 10.0 Å². The minimum Gasteiger partial charge on any atom is -0.462 e. The van der Waals surface area contributed by atoms with Crippen molar-refractivity contribution in [2.45, 2.75) is 125 Å². The molecule has 5 heterocycles. The molecule has 5 amide bonds. The van der Waals surface area contributed by atoms with Crippen LogP contribution in [0.1, 0.15) is 123 Å². The molecule has 2 aliphatic carbocycles. The number of nitrogens with one attached hydrogen (secondary N) is 4. The van der Waals surface area contributed by atoms with Gasteiger partial charge in [0.05, 0.1) is 34.3 Å². The average molecular weight is 985 g/mol. The van der Waals surface area contributed by atoms with Gasteiger partial charge in [0.25, 0.3) is 0 Å². The second-order valence-corrected chi connectivity index (χ2v) is 20.8. The number of benzene rings is 3. The molecule has 1 aromatic heterocycles. The van der Waals surface area contributed by atoms with Gasteiger partial charge in [-0.3, -0.25) is 43.7 Å². The van der Waals surface area contributed by atoms with Gasteiger partial charge in [-0.05, 0) is 118 Å². The van der Waals surface area contributed by atoms with E-state index in [4.69, 9.17) is 27.9 Å². The van der Waals surface area contributed by atoms with Gasteiger partial charge in [-0.2, -0.15) is 0 Å². The third kappa shape index (κ3) is 8.13. The third-order valence-electron chi connectivity index (χ3n) is 16.3. The molecule has 4 aromatic rings. The molecule has 18 heteroatoms. The summed E-state index contributed by atoms with van der Waals surface area (Å²) in [4.78, 5) is 95.7. The first-order valence-electron chi connectivity index (χ1n) is 24.3. The van der Waals surface area contributed by atoms with E-state index in [0.717, 1.165) is 32.1 Å². The number of hydrogen-bond donors (Lipinski definition) is 4. The summed E-state index contributed by atoms with van der Waals surface area (Å²) in [5.41, 5.74) is 0.109. The van der Waals surface area contributed by atoms with Crippen LogP contribution in [0.15, 0.2) is 59.4 Å². The molecule has 3 aromatic carbocycles. The Labute approximate surface area is 408 Å². The molecule has 15 nitrogen and oxygen atoms in total. The average Bonchev–Trinajstić information content (AvgIpc) is 3.90. The minimum absolute atomic E-state index is 0.0835. The molecule has 2 spiro atoms. The van der Waals surface area contributed by atoms with Crippen LogP contribution in [0.25, 0.3) is 11.0 Å². The monoisotopic (exact) mass is 983 g/mol. The van der Waals surface area contributed by atoms with E-state index in [1.807, 2.05) is 11.0 Å². The second kappa shape index (κ2) is 18.6. The van der Waals surface area contributed by atoms with Crippen molar-refractivity contribution in [1.29, 1.82) is 0 Å². The number of aryl methyl sites for hydroxylation is 1. The van der Waals surface area contributed by atoms with Crippen LogP contribution in [0.3, 0.4) is 0 Å². The summed E-state index contributed by atoms with van der Waals surface area (Å²) in [7, 11) is 1.57. The summed E-state index contributed by atoms with van der Waals surface area (Å²) in [6.07, 6.45) is 8.85. The number of esters is 1. The molecule has 4 aliphatic heterocycles. The number of ether oxygens (including phenoxy) is 1. The molecular weight excluding hydrogens is 929 g/mol. The van der Waals surface area contributed by atoms with E-state index in [-0.39, 0.29) is 77.1 Å². The maximum absolute atomic E-state index is 16.3. The largest absolute Gasteiger partial charge is 0.462 e. The number of piperidine rings is 2. The van der Waals surface area contributed by atoms with Gasteiger partial charge in [0.1, 0.15) is 17.3 Å². The number of imide groups is 1. The standard InChI is InChI=1S/C51H56Cl2FN7O8/c1-59-39-26-30(10-15-37(39)61(49(59)68)38-16-17-40(62)57-44(38)63)47(66)69-25-20-28-18-23-60(24-19-28)46(65)29-8-12-32(13-9-29)55-45(64)43-41(33-6-5-7-35(53)42(33)54)51(50(58-43)21-3-2-4-22-50)34-14-11-31(52)27-36(34)56-48(51)67/h5-7,10-11,14-15,26-29,32,38,41,43,58H,2-4,8-9,12-13,16-25H2,1H3,(H,55,64)(H,56,67)(H,57,62,63)/t29?,32?,38?,41-,43+,51+/m0/s1. The van der Waals surface area contributed by atoms with Crippen LogP contribution in [0.5, 0.6) is 0 Å². The lowest BCUT2D eigenvalue weighted by molar-refractivity contribution is -0.138. The highest BCUT2D eigenvalue weighted by Crippen LogP contribution is 2.63. The van der Waals surface area contributed by atoms with Crippen molar-refractivity contribution in [3.63, 3.8) is 0 Å². The highest BCUT2D eigenvalue weighted by molar-refractivity contribution is 6.31. The number of amides is 5. The maximum Gasteiger partial charge on any atom is 0.338 e. The van der Waals surface area contributed by atoms with Crippen LogP contribution in [0.4, 0.5) is 10.1 Å². The molecule has 0 radical (unpaired) electrons. The summed E-state index contributed by atoms with van der Waals surface area (Å²) in [5.74, 6) is -3.41. The van der Waals surface area contributed by atoms with Crippen LogP contribution >= 0.6 is 23.2 Å². The summed E-state index contributed by atoms with van der Waals surface area (Å²) in [5, 5.41) is 12.7. The molecule has 2 saturated carbocycles. The van der Waals surface area contributed by atoms with Crippen molar-refractivity contribution in [3.8, 4) is 0 Å². The second-order valence-electron chi connectivity index (χ2n) is 20.0. The van der Waals surface area contributed by atoms with Gasteiger partial charge in [0, 0.05) is 60.7 Å². The number of rotatable bonds is 9. The van der Waals surface area contributed by atoms with Gasteiger partial charge in [-0.15, -0.1) is 0 Å². The Hall–Kier alpha value is -5.58. The highest BCUT2D eigenvalue weighted by atomic mass is 35.5. The lowest BCUT2D eigenvalue weighted by Crippen LogP contribution is -2.60. The van der Waals surface area contributed by atoms with Crippen LogP contribution in [-0.2, 0) is 41.2 Å². The highest BCUT2D eigenvalue weighted by Gasteiger charge is 2.72. The van der Waals surface area contributed by atoms with E-state index in [1.165, 1.54) is 15.2 Å². The van der Waals surface area contributed by atoms with Gasteiger partial charge < -0.3 is 20.3 Å². The zero-order valence-corrected chi connectivity index (χ0v) is 39.9. The molecule has 4 atom stereocenters. The fraction of sp³-hybridized carbons (Fsp3) is 0.510. The third-order valence-corrected chi connectivity index (χ3v) is 16.8. The van der Waals surface area contributed by atoms with E-state index in [2.05, 4.69) is 21.3 Å². The summed E-state index contributed by atoms with van der Waals surface area (Å²) < 4.78 is 24.7. The number of halogens is 3.